The van der Waals surface area contributed by atoms with Crippen molar-refractivity contribution in [3.63, 3.8) is 0 Å². The minimum atomic E-state index is -3.69. The van der Waals surface area contributed by atoms with Gasteiger partial charge in [-0.3, -0.25) is 0 Å². The number of allylic oxidation sites excluding steroid dienone is 1. The molecule has 0 aliphatic rings. The third-order valence-electron chi connectivity index (χ3n) is 6.44. The van der Waals surface area contributed by atoms with Gasteiger partial charge in [0.15, 0.2) is 0 Å². The molecule has 3 aromatic rings. The number of hydrogen-bond acceptors (Lipinski definition) is 4. The first-order valence-corrected chi connectivity index (χ1v) is 13.2. The zero-order valence-corrected chi connectivity index (χ0v) is 21.8. The van der Waals surface area contributed by atoms with Crippen molar-refractivity contribution in [3.8, 4) is 11.5 Å². The van der Waals surface area contributed by atoms with Crippen molar-refractivity contribution < 1.29 is 17.9 Å². The first kappa shape index (κ1) is 26.5. The topological polar surface area (TPSA) is 55.8 Å². The Kier molecular flexibility index (Phi) is 9.13. The molecule has 0 fully saturated rings. The van der Waals surface area contributed by atoms with Crippen molar-refractivity contribution >= 4 is 10.0 Å². The van der Waals surface area contributed by atoms with Gasteiger partial charge in [-0.15, -0.1) is 6.58 Å². The first-order valence-electron chi connectivity index (χ1n) is 11.7. The minimum absolute atomic E-state index is 0.201. The lowest BCUT2D eigenvalue weighted by molar-refractivity contribution is 0.387. The van der Waals surface area contributed by atoms with Crippen LogP contribution in [0.4, 0.5) is 0 Å². The summed E-state index contributed by atoms with van der Waals surface area (Å²) >= 11 is 0. The van der Waals surface area contributed by atoms with Crippen molar-refractivity contribution in [2.75, 3.05) is 14.2 Å². The Labute approximate surface area is 210 Å². The predicted molar refractivity (Wildman–Crippen MR) is 142 cm³/mol. The van der Waals surface area contributed by atoms with Crippen LogP contribution in [0.2, 0.25) is 0 Å². The van der Waals surface area contributed by atoms with Gasteiger partial charge in [0.1, 0.15) is 11.5 Å². The summed E-state index contributed by atoms with van der Waals surface area (Å²) in [4.78, 5) is 0. The van der Waals surface area contributed by atoms with Gasteiger partial charge < -0.3 is 9.47 Å². The van der Waals surface area contributed by atoms with Gasteiger partial charge in [0.05, 0.1) is 19.5 Å². The highest BCUT2D eigenvalue weighted by molar-refractivity contribution is 7.89. The van der Waals surface area contributed by atoms with E-state index in [9.17, 15) is 8.42 Å². The van der Waals surface area contributed by atoms with E-state index in [1.54, 1.807) is 24.6 Å². The molecule has 0 saturated carbocycles. The molecular formula is C29H35NO4S. The summed E-state index contributed by atoms with van der Waals surface area (Å²) in [5.74, 6) is 1.27. The second-order valence-corrected chi connectivity index (χ2v) is 11.0. The fourth-order valence-corrected chi connectivity index (χ4v) is 6.10. The second kappa shape index (κ2) is 12.0. The van der Waals surface area contributed by atoms with Gasteiger partial charge in [0.25, 0.3) is 0 Å². The molecule has 0 aliphatic carbocycles. The molecule has 0 amide bonds. The molecule has 0 N–H and O–H groups in total. The van der Waals surface area contributed by atoms with Crippen molar-refractivity contribution in [1.29, 1.82) is 0 Å². The molecule has 35 heavy (non-hydrogen) atoms. The van der Waals surface area contributed by atoms with E-state index in [1.807, 2.05) is 86.6 Å². The summed E-state index contributed by atoms with van der Waals surface area (Å²) in [6, 6.07) is 23.0. The number of benzene rings is 3. The molecule has 3 aromatic carbocycles. The van der Waals surface area contributed by atoms with Gasteiger partial charge in [-0.25, -0.2) is 8.42 Å². The number of hydrogen-bond donors (Lipinski definition) is 0. The zero-order chi connectivity index (χ0) is 25.4. The molecule has 0 aliphatic heterocycles. The monoisotopic (exact) mass is 493 g/mol. The van der Waals surface area contributed by atoms with E-state index in [-0.39, 0.29) is 19.0 Å². The highest BCUT2D eigenvalue weighted by Gasteiger charge is 2.35. The molecule has 5 nitrogen and oxygen atoms in total. The summed E-state index contributed by atoms with van der Waals surface area (Å²) in [5.41, 5.74) is 3.91. The lowest BCUT2D eigenvalue weighted by atomic mass is 9.90. The molecule has 186 valence electrons. The summed E-state index contributed by atoms with van der Waals surface area (Å²) in [5, 5.41) is -0.641. The van der Waals surface area contributed by atoms with Gasteiger partial charge in [-0.05, 0) is 66.8 Å². The number of rotatable bonds is 12. The smallest absolute Gasteiger partial charge is 0.217 e. The SMILES string of the molecule is C=CC[C@@H](c1ccccc1C)[C@H](C)S(=O)(=O)N(Cc1ccc(OC)cc1)Cc1ccc(OC)cc1. The van der Waals surface area contributed by atoms with Gasteiger partial charge >= 0.3 is 0 Å². The van der Waals surface area contributed by atoms with Crippen molar-refractivity contribution in [2.45, 2.75) is 44.5 Å². The van der Waals surface area contributed by atoms with Crippen molar-refractivity contribution in [2.24, 2.45) is 0 Å². The van der Waals surface area contributed by atoms with E-state index in [4.69, 9.17) is 9.47 Å². The maximum atomic E-state index is 14.1. The normalized spacial score (nSPS) is 13.3. The number of aryl methyl sites for hydroxylation is 1. The molecule has 0 unspecified atom stereocenters. The lowest BCUT2D eigenvalue weighted by Gasteiger charge is -2.31. The summed E-state index contributed by atoms with van der Waals surface area (Å²) < 4.78 is 40.4. The summed E-state index contributed by atoms with van der Waals surface area (Å²) in [6.45, 7) is 8.26. The maximum absolute atomic E-state index is 14.1. The van der Waals surface area contributed by atoms with Gasteiger partial charge in [0.2, 0.25) is 10.0 Å². The van der Waals surface area contributed by atoms with E-state index in [0.717, 1.165) is 33.8 Å². The van der Waals surface area contributed by atoms with Gasteiger partial charge in [-0.1, -0.05) is 54.6 Å². The summed E-state index contributed by atoms with van der Waals surface area (Å²) in [6.07, 6.45) is 2.38. The highest BCUT2D eigenvalue weighted by Crippen LogP contribution is 2.33. The maximum Gasteiger partial charge on any atom is 0.217 e. The number of nitrogens with zero attached hydrogens (tertiary/aromatic N) is 1. The lowest BCUT2D eigenvalue weighted by Crippen LogP contribution is -2.39. The number of sulfonamides is 1. The molecule has 3 rings (SSSR count). The Morgan fingerprint density at radius 3 is 1.77 bits per heavy atom. The minimum Gasteiger partial charge on any atom is -0.497 e. The van der Waals surface area contributed by atoms with Crippen LogP contribution >= 0.6 is 0 Å². The van der Waals surface area contributed by atoms with Crippen LogP contribution in [0.25, 0.3) is 0 Å². The molecule has 2 atom stereocenters. The standard InChI is InChI=1S/C29H35NO4S/c1-6-9-29(28-11-8-7-10-22(28)2)23(3)35(31,32)30(20-24-12-16-26(33-4)17-13-24)21-25-14-18-27(34-5)19-15-25/h6-8,10-19,23,29H,1,9,20-21H2,2-5H3/t23-,29+/m0/s1. The molecule has 6 heteroatoms. The molecule has 0 bridgehead atoms. The van der Waals surface area contributed by atoms with E-state index < -0.39 is 15.3 Å². The van der Waals surface area contributed by atoms with Crippen LogP contribution in [0.15, 0.2) is 85.5 Å². The fourth-order valence-electron chi connectivity index (χ4n) is 4.30. The Morgan fingerprint density at radius 2 is 1.34 bits per heavy atom. The summed E-state index contributed by atoms with van der Waals surface area (Å²) in [7, 11) is -0.465. The average molecular weight is 494 g/mol. The Hall–Kier alpha value is -3.09. The van der Waals surface area contributed by atoms with Crippen LogP contribution in [-0.4, -0.2) is 32.2 Å². The van der Waals surface area contributed by atoms with E-state index >= 15 is 0 Å². The quantitative estimate of drug-likeness (QED) is 0.286. The molecule has 0 spiro atoms. The Morgan fingerprint density at radius 1 is 0.857 bits per heavy atom. The molecular weight excluding hydrogens is 458 g/mol. The van der Waals surface area contributed by atoms with Crippen molar-refractivity contribution in [1.82, 2.24) is 4.31 Å². The fraction of sp³-hybridized carbons (Fsp3) is 0.310. The van der Waals surface area contributed by atoms with Gasteiger partial charge in [0, 0.05) is 19.0 Å². The van der Waals surface area contributed by atoms with Crippen molar-refractivity contribution in [3.05, 3.63) is 108 Å². The molecule has 0 aromatic heterocycles. The average Bonchev–Trinajstić information content (AvgIpc) is 2.88. The van der Waals surface area contributed by atoms with Crippen LogP contribution in [0.5, 0.6) is 11.5 Å². The second-order valence-electron chi connectivity index (χ2n) is 8.70. The predicted octanol–water partition coefficient (Wildman–Crippen LogP) is 6.09. The van der Waals surface area contributed by atoms with Crippen LogP contribution in [0.1, 0.15) is 41.5 Å². The van der Waals surface area contributed by atoms with Crippen LogP contribution < -0.4 is 9.47 Å². The number of methoxy groups -OCH3 is 2. The van der Waals surface area contributed by atoms with Crippen LogP contribution in [0, 0.1) is 6.92 Å². The molecule has 0 radical (unpaired) electrons. The third-order valence-corrected chi connectivity index (χ3v) is 8.69. The first-order chi connectivity index (χ1) is 16.8. The van der Waals surface area contributed by atoms with Gasteiger partial charge in [-0.2, -0.15) is 4.31 Å². The van der Waals surface area contributed by atoms with E-state index in [0.29, 0.717) is 6.42 Å². The third kappa shape index (κ3) is 6.53. The van der Waals surface area contributed by atoms with E-state index in [1.165, 1.54) is 0 Å². The van der Waals surface area contributed by atoms with Crippen LogP contribution in [0.3, 0.4) is 0 Å². The Bertz CT molecular complexity index is 1150. The number of ether oxygens (including phenoxy) is 2. The largest absolute Gasteiger partial charge is 0.497 e. The molecule has 0 saturated heterocycles. The molecule has 0 heterocycles. The van der Waals surface area contributed by atoms with Crippen LogP contribution in [-0.2, 0) is 23.1 Å². The highest BCUT2D eigenvalue weighted by atomic mass is 32.2. The zero-order valence-electron chi connectivity index (χ0n) is 21.0. The van der Waals surface area contributed by atoms with E-state index in [2.05, 4.69) is 6.58 Å². The Balaban J connectivity index is 1.98.